The van der Waals surface area contributed by atoms with E-state index in [0.717, 1.165) is 22.6 Å². The van der Waals surface area contributed by atoms with Gasteiger partial charge in [0.2, 0.25) is 6.79 Å². The first-order chi connectivity index (χ1) is 13.1. The highest BCUT2D eigenvalue weighted by molar-refractivity contribution is 6.33. The summed E-state index contributed by atoms with van der Waals surface area (Å²) in [6.07, 6.45) is 1.62. The van der Waals surface area contributed by atoms with Gasteiger partial charge in [-0.25, -0.2) is 4.68 Å². The van der Waals surface area contributed by atoms with Gasteiger partial charge in [-0.05, 0) is 23.3 Å². The van der Waals surface area contributed by atoms with E-state index in [1.807, 2.05) is 60.5 Å². The molecule has 0 radical (unpaired) electrons. The maximum atomic E-state index is 12.6. The van der Waals surface area contributed by atoms with E-state index in [1.54, 1.807) is 6.20 Å². The minimum atomic E-state index is -0.310. The Morgan fingerprint density at radius 3 is 2.70 bits per heavy atom. The zero-order valence-corrected chi connectivity index (χ0v) is 15.5. The van der Waals surface area contributed by atoms with Gasteiger partial charge in [-0.15, -0.1) is 0 Å². The second-order valence-corrected chi connectivity index (χ2v) is 6.71. The lowest BCUT2D eigenvalue weighted by Crippen LogP contribution is -2.27. The van der Waals surface area contributed by atoms with Crippen LogP contribution in [0.2, 0.25) is 5.02 Å². The lowest BCUT2D eigenvalue weighted by molar-refractivity contribution is 0.174. The van der Waals surface area contributed by atoms with Crippen molar-refractivity contribution >= 4 is 17.3 Å². The molecule has 1 aromatic heterocycles. The summed E-state index contributed by atoms with van der Waals surface area (Å²) in [6.45, 7) is 1.18. The molecular weight excluding hydrogens is 366 g/mol. The van der Waals surface area contributed by atoms with Crippen molar-refractivity contribution in [3.05, 3.63) is 81.2 Å². The maximum absolute atomic E-state index is 12.6. The average molecular weight is 384 g/mol. The number of ether oxygens (including phenoxy) is 2. The van der Waals surface area contributed by atoms with Gasteiger partial charge in [0.1, 0.15) is 5.02 Å². The topological polar surface area (TPSA) is 56.6 Å². The molecule has 0 N–H and O–H groups in total. The van der Waals surface area contributed by atoms with Crippen LogP contribution in [0.15, 0.2) is 59.5 Å². The highest BCUT2D eigenvalue weighted by Gasteiger charge is 2.16. The number of fused-ring (bicyclic) bond motifs is 1. The lowest BCUT2D eigenvalue weighted by Gasteiger charge is -2.20. The number of benzene rings is 2. The van der Waals surface area contributed by atoms with E-state index in [9.17, 15) is 4.79 Å². The highest BCUT2D eigenvalue weighted by Crippen LogP contribution is 2.33. The molecule has 4 rings (SSSR count). The van der Waals surface area contributed by atoms with Gasteiger partial charge in [0.25, 0.3) is 5.56 Å². The van der Waals surface area contributed by atoms with Crippen LogP contribution in [-0.4, -0.2) is 23.6 Å². The summed E-state index contributed by atoms with van der Waals surface area (Å²) in [5.41, 5.74) is 2.29. The summed E-state index contributed by atoms with van der Waals surface area (Å²) in [7, 11) is 1.87. The van der Waals surface area contributed by atoms with Crippen LogP contribution in [0, 0.1) is 0 Å². The quantitative estimate of drug-likeness (QED) is 0.676. The van der Waals surface area contributed by atoms with Crippen LogP contribution in [0.25, 0.3) is 0 Å². The molecule has 0 amide bonds. The minimum Gasteiger partial charge on any atom is -0.454 e. The molecule has 3 aromatic rings. The Labute approximate surface area is 161 Å². The smallest absolute Gasteiger partial charge is 0.287 e. The van der Waals surface area contributed by atoms with Crippen molar-refractivity contribution in [1.29, 1.82) is 0 Å². The normalized spacial score (nSPS) is 12.2. The van der Waals surface area contributed by atoms with Crippen molar-refractivity contribution in [2.24, 2.45) is 0 Å². The SMILES string of the molecule is CN(Cc1ccc2c(c1)OCO2)c1cnn(Cc2ccccc2)c(=O)c1Cl. The fourth-order valence-electron chi connectivity index (χ4n) is 2.99. The van der Waals surface area contributed by atoms with E-state index in [1.165, 1.54) is 4.68 Å². The second kappa shape index (κ2) is 7.32. The van der Waals surface area contributed by atoms with Crippen molar-refractivity contribution in [1.82, 2.24) is 9.78 Å². The third-order valence-corrected chi connectivity index (χ3v) is 4.76. The van der Waals surface area contributed by atoms with Crippen LogP contribution >= 0.6 is 11.6 Å². The zero-order valence-electron chi connectivity index (χ0n) is 14.8. The second-order valence-electron chi connectivity index (χ2n) is 6.34. The summed E-state index contributed by atoms with van der Waals surface area (Å²) in [5, 5.41) is 4.44. The molecule has 0 saturated carbocycles. The molecule has 0 bridgehead atoms. The Balaban J connectivity index is 1.55. The summed E-state index contributed by atoms with van der Waals surface area (Å²) < 4.78 is 12.1. The van der Waals surface area contributed by atoms with Crippen molar-refractivity contribution < 1.29 is 9.47 Å². The first kappa shape index (κ1) is 17.4. The van der Waals surface area contributed by atoms with Gasteiger partial charge >= 0.3 is 0 Å². The number of anilines is 1. The molecule has 6 nitrogen and oxygen atoms in total. The van der Waals surface area contributed by atoms with Crippen molar-refractivity contribution in [2.45, 2.75) is 13.1 Å². The number of halogens is 1. The van der Waals surface area contributed by atoms with Crippen LogP contribution in [0.3, 0.4) is 0 Å². The Morgan fingerprint density at radius 2 is 1.89 bits per heavy atom. The first-order valence-corrected chi connectivity index (χ1v) is 8.89. The van der Waals surface area contributed by atoms with Gasteiger partial charge in [0.05, 0.1) is 18.4 Å². The molecule has 2 aromatic carbocycles. The van der Waals surface area contributed by atoms with E-state index in [0.29, 0.717) is 18.8 Å². The number of rotatable bonds is 5. The van der Waals surface area contributed by atoms with Crippen LogP contribution in [-0.2, 0) is 13.1 Å². The predicted octanol–water partition coefficient (Wildman–Crippen LogP) is 3.31. The van der Waals surface area contributed by atoms with E-state index >= 15 is 0 Å². The van der Waals surface area contributed by atoms with Gasteiger partial charge < -0.3 is 14.4 Å². The molecule has 0 atom stereocenters. The van der Waals surface area contributed by atoms with E-state index in [2.05, 4.69) is 5.10 Å². The zero-order chi connectivity index (χ0) is 18.8. The lowest BCUT2D eigenvalue weighted by atomic mass is 10.2. The molecule has 0 fully saturated rings. The van der Waals surface area contributed by atoms with E-state index in [4.69, 9.17) is 21.1 Å². The molecular formula is C20H18ClN3O3. The van der Waals surface area contributed by atoms with Crippen LogP contribution in [0.4, 0.5) is 5.69 Å². The molecule has 1 aliphatic rings. The molecule has 0 saturated heterocycles. The summed E-state index contributed by atoms with van der Waals surface area (Å²) in [5.74, 6) is 1.47. The van der Waals surface area contributed by atoms with Crippen LogP contribution in [0.5, 0.6) is 11.5 Å². The van der Waals surface area contributed by atoms with Crippen molar-refractivity contribution in [3.8, 4) is 11.5 Å². The number of nitrogens with zero attached hydrogens (tertiary/aromatic N) is 3. The number of hydrogen-bond donors (Lipinski definition) is 0. The Hall–Kier alpha value is -2.99. The number of aromatic nitrogens is 2. The van der Waals surface area contributed by atoms with Gasteiger partial charge in [-0.3, -0.25) is 4.79 Å². The average Bonchev–Trinajstić information content (AvgIpc) is 3.14. The van der Waals surface area contributed by atoms with Crippen molar-refractivity contribution in [2.75, 3.05) is 18.7 Å². The van der Waals surface area contributed by atoms with Gasteiger partial charge in [-0.2, -0.15) is 5.10 Å². The Bertz CT molecular complexity index is 1020. The summed E-state index contributed by atoms with van der Waals surface area (Å²) in [6, 6.07) is 15.4. The van der Waals surface area contributed by atoms with E-state index in [-0.39, 0.29) is 17.4 Å². The predicted molar refractivity (Wildman–Crippen MR) is 104 cm³/mol. The first-order valence-electron chi connectivity index (χ1n) is 8.51. The highest BCUT2D eigenvalue weighted by atomic mass is 35.5. The van der Waals surface area contributed by atoms with Crippen molar-refractivity contribution in [3.63, 3.8) is 0 Å². The third-order valence-electron chi connectivity index (χ3n) is 4.41. The van der Waals surface area contributed by atoms with Gasteiger partial charge in [-0.1, -0.05) is 48.0 Å². The van der Waals surface area contributed by atoms with Crippen LogP contribution < -0.4 is 19.9 Å². The molecule has 0 spiro atoms. The summed E-state index contributed by atoms with van der Waals surface area (Å²) >= 11 is 6.36. The largest absolute Gasteiger partial charge is 0.454 e. The molecule has 1 aliphatic heterocycles. The molecule has 0 aliphatic carbocycles. The van der Waals surface area contributed by atoms with E-state index < -0.39 is 0 Å². The van der Waals surface area contributed by atoms with Crippen LogP contribution in [0.1, 0.15) is 11.1 Å². The fraction of sp³-hybridized carbons (Fsp3) is 0.200. The van der Waals surface area contributed by atoms with Gasteiger partial charge in [0, 0.05) is 13.6 Å². The Kier molecular flexibility index (Phi) is 4.73. The standard InChI is InChI=1S/C20H18ClN3O3/c1-23(11-15-7-8-17-18(9-15)27-13-26-17)16-10-22-24(20(25)19(16)21)12-14-5-3-2-4-6-14/h2-10H,11-13H2,1H3. The fourth-order valence-corrected chi connectivity index (χ4v) is 3.28. The molecule has 27 heavy (non-hydrogen) atoms. The Morgan fingerprint density at radius 1 is 1.11 bits per heavy atom. The molecule has 7 heteroatoms. The van der Waals surface area contributed by atoms with Gasteiger partial charge in [0.15, 0.2) is 11.5 Å². The third kappa shape index (κ3) is 3.61. The maximum Gasteiger partial charge on any atom is 0.287 e. The monoisotopic (exact) mass is 383 g/mol. The molecule has 0 unspecified atom stereocenters. The summed E-state index contributed by atoms with van der Waals surface area (Å²) in [4.78, 5) is 14.5. The molecule has 2 heterocycles. The minimum absolute atomic E-state index is 0.157. The number of hydrogen-bond acceptors (Lipinski definition) is 5. The molecule has 138 valence electrons.